The fourth-order valence-corrected chi connectivity index (χ4v) is 3.70. The maximum Gasteiger partial charge on any atom is 0.247 e. The lowest BCUT2D eigenvalue weighted by Crippen LogP contribution is -2.49. The van der Waals surface area contributed by atoms with Crippen LogP contribution in [0.2, 0.25) is 0 Å². The highest BCUT2D eigenvalue weighted by Crippen LogP contribution is 2.29. The van der Waals surface area contributed by atoms with Gasteiger partial charge in [-0.1, -0.05) is 0 Å². The van der Waals surface area contributed by atoms with Crippen LogP contribution in [0.3, 0.4) is 0 Å². The van der Waals surface area contributed by atoms with Crippen LogP contribution < -0.4 is 10.1 Å². The fraction of sp³-hybridized carbons (Fsp3) is 0.462. The minimum atomic E-state index is -3.73. The maximum atomic E-state index is 12.6. The molecule has 1 N–H and O–H groups in total. The molecular formula is C13H18N2O4S. The van der Waals surface area contributed by atoms with Gasteiger partial charge in [-0.15, -0.1) is 0 Å². The Kier molecular flexibility index (Phi) is 4.01. The lowest BCUT2D eigenvalue weighted by molar-refractivity contribution is -0.122. The van der Waals surface area contributed by atoms with Gasteiger partial charge in [0.25, 0.3) is 0 Å². The molecule has 6 nitrogen and oxygen atoms in total. The molecule has 1 aromatic carbocycles. The standard InChI is InChI=1S/C13H18N2O4S/c1-9-6-11(19-3)12(7-10(9)2)20(17,18)15-5-4-14-13(16)8-15/h6-7H,4-5,8H2,1-3H3,(H,14,16). The quantitative estimate of drug-likeness (QED) is 0.878. The summed E-state index contributed by atoms with van der Waals surface area (Å²) < 4.78 is 31.6. The van der Waals surface area contributed by atoms with Crippen molar-refractivity contribution < 1.29 is 17.9 Å². The first-order chi connectivity index (χ1) is 9.36. The third-order valence-corrected chi connectivity index (χ3v) is 5.27. The summed E-state index contributed by atoms with van der Waals surface area (Å²) in [7, 11) is -2.29. The Balaban J connectivity index is 2.48. The molecule has 0 aliphatic carbocycles. The van der Waals surface area contributed by atoms with Gasteiger partial charge < -0.3 is 10.1 Å². The van der Waals surface area contributed by atoms with Gasteiger partial charge in [0.15, 0.2) is 0 Å². The minimum Gasteiger partial charge on any atom is -0.495 e. The molecule has 2 rings (SSSR count). The number of ether oxygens (including phenoxy) is 1. The number of hydrogen-bond donors (Lipinski definition) is 1. The molecule has 0 spiro atoms. The van der Waals surface area contributed by atoms with Crippen molar-refractivity contribution in [2.45, 2.75) is 18.7 Å². The van der Waals surface area contributed by atoms with Crippen molar-refractivity contribution >= 4 is 15.9 Å². The van der Waals surface area contributed by atoms with Crippen LogP contribution in [0.15, 0.2) is 17.0 Å². The SMILES string of the molecule is COc1cc(C)c(C)cc1S(=O)(=O)N1CCNC(=O)C1. The number of nitrogens with one attached hydrogen (secondary N) is 1. The van der Waals surface area contributed by atoms with Crippen molar-refractivity contribution in [2.24, 2.45) is 0 Å². The first-order valence-corrected chi connectivity index (χ1v) is 7.72. The summed E-state index contributed by atoms with van der Waals surface area (Å²) >= 11 is 0. The van der Waals surface area contributed by atoms with Crippen molar-refractivity contribution in [1.29, 1.82) is 0 Å². The minimum absolute atomic E-state index is 0.109. The van der Waals surface area contributed by atoms with E-state index in [4.69, 9.17) is 4.74 Å². The summed E-state index contributed by atoms with van der Waals surface area (Å²) in [6.45, 7) is 4.17. The highest BCUT2D eigenvalue weighted by molar-refractivity contribution is 7.89. The summed E-state index contributed by atoms with van der Waals surface area (Å²) in [5, 5.41) is 2.61. The summed E-state index contributed by atoms with van der Waals surface area (Å²) in [5.41, 5.74) is 1.82. The van der Waals surface area contributed by atoms with Gasteiger partial charge in [0, 0.05) is 13.1 Å². The third-order valence-electron chi connectivity index (χ3n) is 3.40. The number of piperazine rings is 1. The monoisotopic (exact) mass is 298 g/mol. The van der Waals surface area contributed by atoms with E-state index >= 15 is 0 Å². The van der Waals surface area contributed by atoms with Crippen LogP contribution in [0.5, 0.6) is 5.75 Å². The fourth-order valence-electron chi connectivity index (χ4n) is 2.08. The number of nitrogens with zero attached hydrogens (tertiary/aromatic N) is 1. The number of aryl methyl sites for hydroxylation is 2. The molecule has 0 radical (unpaired) electrons. The van der Waals surface area contributed by atoms with Crippen molar-refractivity contribution in [3.63, 3.8) is 0 Å². The van der Waals surface area contributed by atoms with Crippen LogP contribution in [-0.2, 0) is 14.8 Å². The molecule has 1 aliphatic rings. The van der Waals surface area contributed by atoms with E-state index < -0.39 is 10.0 Å². The van der Waals surface area contributed by atoms with Crippen LogP contribution in [-0.4, -0.2) is 45.4 Å². The van der Waals surface area contributed by atoms with E-state index in [2.05, 4.69) is 5.32 Å². The second-order valence-corrected chi connectivity index (χ2v) is 6.68. The van der Waals surface area contributed by atoms with Gasteiger partial charge in [0.2, 0.25) is 15.9 Å². The summed E-state index contributed by atoms with van der Waals surface area (Å²) in [5.74, 6) is 0.0155. The number of hydrogen-bond acceptors (Lipinski definition) is 4. The number of carbonyl (C=O) groups excluding carboxylic acids is 1. The van der Waals surface area contributed by atoms with Gasteiger partial charge >= 0.3 is 0 Å². The Morgan fingerprint density at radius 2 is 1.90 bits per heavy atom. The molecule has 20 heavy (non-hydrogen) atoms. The van der Waals surface area contributed by atoms with Crippen molar-refractivity contribution in [2.75, 3.05) is 26.7 Å². The van der Waals surface area contributed by atoms with E-state index in [1.807, 2.05) is 13.8 Å². The molecule has 0 aromatic heterocycles. The Morgan fingerprint density at radius 1 is 1.25 bits per heavy atom. The number of sulfonamides is 1. The molecular weight excluding hydrogens is 280 g/mol. The van der Waals surface area contributed by atoms with Crippen molar-refractivity contribution in [3.05, 3.63) is 23.3 Å². The molecule has 0 saturated carbocycles. The topological polar surface area (TPSA) is 75.7 Å². The zero-order valence-corrected chi connectivity index (χ0v) is 12.6. The molecule has 1 aromatic rings. The second-order valence-electron chi connectivity index (χ2n) is 4.78. The number of carbonyl (C=O) groups is 1. The molecule has 0 atom stereocenters. The predicted molar refractivity (Wildman–Crippen MR) is 74.2 cm³/mol. The van der Waals surface area contributed by atoms with Gasteiger partial charge in [-0.25, -0.2) is 8.42 Å². The average molecular weight is 298 g/mol. The van der Waals surface area contributed by atoms with E-state index in [1.165, 1.54) is 11.4 Å². The molecule has 1 amide bonds. The number of rotatable bonds is 3. The number of amides is 1. The Labute approximate surface area is 118 Å². The highest BCUT2D eigenvalue weighted by Gasteiger charge is 2.31. The summed E-state index contributed by atoms with van der Waals surface area (Å²) in [6.07, 6.45) is 0. The molecule has 110 valence electrons. The van der Waals surface area contributed by atoms with Crippen molar-refractivity contribution in [3.8, 4) is 5.75 Å². The lowest BCUT2D eigenvalue weighted by atomic mass is 10.1. The van der Waals surface area contributed by atoms with Crippen LogP contribution in [0.1, 0.15) is 11.1 Å². The molecule has 1 heterocycles. The second kappa shape index (κ2) is 5.41. The molecule has 0 bridgehead atoms. The lowest BCUT2D eigenvalue weighted by Gasteiger charge is -2.26. The van der Waals surface area contributed by atoms with Gasteiger partial charge in [-0.3, -0.25) is 4.79 Å². The zero-order valence-electron chi connectivity index (χ0n) is 11.8. The normalized spacial score (nSPS) is 16.9. The van der Waals surface area contributed by atoms with Crippen LogP contribution in [0, 0.1) is 13.8 Å². The molecule has 1 saturated heterocycles. The molecule has 1 fully saturated rings. The van der Waals surface area contributed by atoms with Crippen LogP contribution >= 0.6 is 0 Å². The Hall–Kier alpha value is -1.60. The molecule has 7 heteroatoms. The predicted octanol–water partition coefficient (Wildman–Crippen LogP) is 0.433. The molecule has 1 aliphatic heterocycles. The Morgan fingerprint density at radius 3 is 2.50 bits per heavy atom. The number of methoxy groups -OCH3 is 1. The van der Waals surface area contributed by atoms with E-state index in [1.54, 1.807) is 12.1 Å². The smallest absolute Gasteiger partial charge is 0.247 e. The van der Waals surface area contributed by atoms with E-state index in [9.17, 15) is 13.2 Å². The van der Waals surface area contributed by atoms with E-state index in [0.717, 1.165) is 11.1 Å². The van der Waals surface area contributed by atoms with Crippen LogP contribution in [0.4, 0.5) is 0 Å². The first kappa shape index (κ1) is 14.8. The van der Waals surface area contributed by atoms with Gasteiger partial charge in [0.05, 0.1) is 13.7 Å². The van der Waals surface area contributed by atoms with Gasteiger partial charge in [-0.05, 0) is 37.1 Å². The maximum absolute atomic E-state index is 12.6. The average Bonchev–Trinajstić information content (AvgIpc) is 2.41. The van der Waals surface area contributed by atoms with Crippen molar-refractivity contribution in [1.82, 2.24) is 9.62 Å². The van der Waals surface area contributed by atoms with Crippen LogP contribution in [0.25, 0.3) is 0 Å². The van der Waals surface area contributed by atoms with E-state index in [-0.39, 0.29) is 23.9 Å². The highest BCUT2D eigenvalue weighted by atomic mass is 32.2. The van der Waals surface area contributed by atoms with Gasteiger partial charge in [0.1, 0.15) is 10.6 Å². The first-order valence-electron chi connectivity index (χ1n) is 6.28. The molecule has 0 unspecified atom stereocenters. The Bertz CT molecular complexity index is 640. The zero-order chi connectivity index (χ0) is 14.9. The number of benzene rings is 1. The van der Waals surface area contributed by atoms with E-state index in [0.29, 0.717) is 12.3 Å². The summed E-state index contributed by atoms with van der Waals surface area (Å²) in [6, 6.07) is 3.29. The summed E-state index contributed by atoms with van der Waals surface area (Å²) in [4.78, 5) is 11.5. The third kappa shape index (κ3) is 2.64. The van der Waals surface area contributed by atoms with Gasteiger partial charge in [-0.2, -0.15) is 4.31 Å². The largest absolute Gasteiger partial charge is 0.495 e.